The van der Waals surface area contributed by atoms with Crippen molar-refractivity contribution in [1.29, 1.82) is 0 Å². The quantitative estimate of drug-likeness (QED) is 0.597. The van der Waals surface area contributed by atoms with E-state index in [0.29, 0.717) is 5.56 Å². The Morgan fingerprint density at radius 1 is 1.31 bits per heavy atom. The molecule has 1 aromatic carbocycles. The van der Waals surface area contributed by atoms with E-state index in [-0.39, 0.29) is 0 Å². The minimum absolute atomic E-state index is 0.413. The Morgan fingerprint density at radius 3 is 2.75 bits per heavy atom. The van der Waals surface area contributed by atoms with Gasteiger partial charge in [-0.05, 0) is 35.8 Å². The van der Waals surface area contributed by atoms with Crippen LogP contribution in [0.1, 0.15) is 23.7 Å². The largest absolute Gasteiger partial charge is 0.478 e. The number of aromatic carboxylic acids is 1. The van der Waals surface area contributed by atoms with Crippen LogP contribution in [0.25, 0.3) is 0 Å². The van der Waals surface area contributed by atoms with Gasteiger partial charge in [-0.25, -0.2) is 4.79 Å². The molecule has 0 heterocycles. The first-order valence-corrected chi connectivity index (χ1v) is 7.42. The van der Waals surface area contributed by atoms with Gasteiger partial charge < -0.3 is 5.11 Å². The van der Waals surface area contributed by atoms with E-state index in [1.165, 1.54) is 0 Å². The molecule has 88 valence electrons. The number of thioether (sulfide) groups is 2. The fraction of sp³-hybridized carbons (Fsp3) is 0.417. The molecule has 0 spiro atoms. The normalized spacial score (nSPS) is 10.3. The minimum atomic E-state index is -0.842. The summed E-state index contributed by atoms with van der Waals surface area (Å²) in [6.45, 7) is 2.15. The van der Waals surface area contributed by atoms with Gasteiger partial charge in [0.15, 0.2) is 0 Å². The number of carboxylic acids is 1. The van der Waals surface area contributed by atoms with Crippen LogP contribution in [0.3, 0.4) is 0 Å². The van der Waals surface area contributed by atoms with E-state index < -0.39 is 5.97 Å². The average Bonchev–Trinajstić information content (AvgIpc) is 2.29. The van der Waals surface area contributed by atoms with Crippen molar-refractivity contribution in [3.05, 3.63) is 29.8 Å². The van der Waals surface area contributed by atoms with Crippen molar-refractivity contribution in [2.45, 2.75) is 18.2 Å². The molecule has 0 aliphatic carbocycles. The second-order valence-electron chi connectivity index (χ2n) is 3.20. The highest BCUT2D eigenvalue weighted by molar-refractivity contribution is 8.00. The predicted molar refractivity (Wildman–Crippen MR) is 71.7 cm³/mol. The zero-order valence-corrected chi connectivity index (χ0v) is 10.9. The van der Waals surface area contributed by atoms with Crippen molar-refractivity contribution in [2.75, 3.05) is 17.3 Å². The van der Waals surface area contributed by atoms with Crippen LogP contribution in [0.2, 0.25) is 0 Å². The number of hydrogen-bond donors (Lipinski definition) is 1. The van der Waals surface area contributed by atoms with E-state index in [0.717, 1.165) is 28.6 Å². The van der Waals surface area contributed by atoms with Crippen LogP contribution in [0.15, 0.2) is 29.2 Å². The summed E-state index contributed by atoms with van der Waals surface area (Å²) in [5.41, 5.74) is 0.413. The third-order valence-electron chi connectivity index (χ3n) is 2.01. The van der Waals surface area contributed by atoms with Crippen molar-refractivity contribution in [2.24, 2.45) is 0 Å². The average molecular weight is 256 g/mol. The molecular weight excluding hydrogens is 240 g/mol. The standard InChI is InChI=1S/C12H16O2S2/c1-2-15-8-5-9-16-11-7-4-3-6-10(11)12(13)14/h3-4,6-7H,2,5,8-9H2,1H3,(H,13,14). The van der Waals surface area contributed by atoms with Gasteiger partial charge in [0, 0.05) is 4.90 Å². The first-order valence-electron chi connectivity index (χ1n) is 5.28. The summed E-state index contributed by atoms with van der Waals surface area (Å²) in [7, 11) is 0. The second kappa shape index (κ2) is 7.63. The van der Waals surface area contributed by atoms with Crippen molar-refractivity contribution in [3.8, 4) is 0 Å². The van der Waals surface area contributed by atoms with E-state index in [9.17, 15) is 4.79 Å². The summed E-state index contributed by atoms with van der Waals surface area (Å²) in [4.78, 5) is 11.8. The molecule has 16 heavy (non-hydrogen) atoms. The van der Waals surface area contributed by atoms with Crippen LogP contribution in [-0.4, -0.2) is 28.3 Å². The second-order valence-corrected chi connectivity index (χ2v) is 5.73. The molecule has 2 nitrogen and oxygen atoms in total. The van der Waals surface area contributed by atoms with Crippen LogP contribution in [0.5, 0.6) is 0 Å². The number of carbonyl (C=O) groups is 1. The summed E-state index contributed by atoms with van der Waals surface area (Å²) in [6, 6.07) is 7.18. The lowest BCUT2D eigenvalue weighted by Gasteiger charge is -2.04. The Kier molecular flexibility index (Phi) is 6.42. The zero-order chi connectivity index (χ0) is 11.8. The molecule has 0 amide bonds. The lowest BCUT2D eigenvalue weighted by Crippen LogP contribution is -1.98. The van der Waals surface area contributed by atoms with E-state index in [4.69, 9.17) is 5.11 Å². The summed E-state index contributed by atoms with van der Waals surface area (Å²) >= 11 is 3.56. The molecule has 0 saturated carbocycles. The van der Waals surface area contributed by atoms with Crippen molar-refractivity contribution >= 4 is 29.5 Å². The molecule has 1 rings (SSSR count). The Hall–Kier alpha value is -0.610. The Morgan fingerprint density at radius 2 is 2.06 bits per heavy atom. The third kappa shape index (κ3) is 4.49. The smallest absolute Gasteiger partial charge is 0.336 e. The zero-order valence-electron chi connectivity index (χ0n) is 9.31. The van der Waals surface area contributed by atoms with E-state index >= 15 is 0 Å². The van der Waals surface area contributed by atoms with Crippen LogP contribution < -0.4 is 0 Å². The van der Waals surface area contributed by atoms with Crippen LogP contribution >= 0.6 is 23.5 Å². The Labute approximate surface area is 105 Å². The molecule has 0 aromatic heterocycles. The minimum Gasteiger partial charge on any atom is -0.478 e. The van der Waals surface area contributed by atoms with Gasteiger partial charge in [-0.15, -0.1) is 11.8 Å². The molecule has 0 aliphatic heterocycles. The van der Waals surface area contributed by atoms with Gasteiger partial charge in [0.2, 0.25) is 0 Å². The van der Waals surface area contributed by atoms with Crippen LogP contribution in [0, 0.1) is 0 Å². The molecule has 0 atom stereocenters. The van der Waals surface area contributed by atoms with Gasteiger partial charge >= 0.3 is 5.97 Å². The van der Waals surface area contributed by atoms with Crippen molar-refractivity contribution in [1.82, 2.24) is 0 Å². The molecule has 1 N–H and O–H groups in total. The summed E-state index contributed by atoms with van der Waals surface area (Å²) in [5.74, 6) is 2.44. The first kappa shape index (κ1) is 13.5. The highest BCUT2D eigenvalue weighted by Crippen LogP contribution is 2.23. The van der Waals surface area contributed by atoms with Gasteiger partial charge in [0.25, 0.3) is 0 Å². The Balaban J connectivity index is 2.44. The molecule has 0 radical (unpaired) electrons. The fourth-order valence-electron chi connectivity index (χ4n) is 1.26. The van der Waals surface area contributed by atoms with Gasteiger partial charge in [0.1, 0.15) is 0 Å². The number of benzene rings is 1. The number of hydrogen-bond acceptors (Lipinski definition) is 3. The molecular formula is C12H16O2S2. The molecule has 0 saturated heterocycles. The topological polar surface area (TPSA) is 37.3 Å². The number of rotatable bonds is 7. The van der Waals surface area contributed by atoms with Gasteiger partial charge in [-0.1, -0.05) is 19.1 Å². The van der Waals surface area contributed by atoms with E-state index in [1.54, 1.807) is 23.9 Å². The summed E-state index contributed by atoms with van der Waals surface area (Å²) in [6.07, 6.45) is 1.12. The van der Waals surface area contributed by atoms with Gasteiger partial charge in [-0.2, -0.15) is 11.8 Å². The summed E-state index contributed by atoms with van der Waals surface area (Å²) in [5, 5.41) is 8.99. The van der Waals surface area contributed by atoms with E-state index in [2.05, 4.69) is 6.92 Å². The Bertz CT molecular complexity index is 340. The van der Waals surface area contributed by atoms with E-state index in [1.807, 2.05) is 23.9 Å². The molecule has 0 fully saturated rings. The fourth-order valence-corrected chi connectivity index (χ4v) is 3.07. The monoisotopic (exact) mass is 256 g/mol. The van der Waals surface area contributed by atoms with Crippen LogP contribution in [-0.2, 0) is 0 Å². The summed E-state index contributed by atoms with van der Waals surface area (Å²) < 4.78 is 0. The van der Waals surface area contributed by atoms with Crippen molar-refractivity contribution in [3.63, 3.8) is 0 Å². The van der Waals surface area contributed by atoms with Gasteiger partial charge in [0.05, 0.1) is 5.56 Å². The third-order valence-corrected chi connectivity index (χ3v) is 4.16. The number of carboxylic acid groups (broad SMARTS) is 1. The highest BCUT2D eigenvalue weighted by atomic mass is 32.2. The predicted octanol–water partition coefficient (Wildman–Crippen LogP) is 3.62. The first-order chi connectivity index (χ1) is 7.75. The molecule has 0 bridgehead atoms. The van der Waals surface area contributed by atoms with Crippen LogP contribution in [0.4, 0.5) is 0 Å². The molecule has 0 unspecified atom stereocenters. The molecule has 1 aromatic rings. The highest BCUT2D eigenvalue weighted by Gasteiger charge is 2.08. The maximum atomic E-state index is 10.9. The van der Waals surface area contributed by atoms with Gasteiger partial charge in [-0.3, -0.25) is 0 Å². The van der Waals surface area contributed by atoms with Crippen molar-refractivity contribution < 1.29 is 9.90 Å². The lowest BCUT2D eigenvalue weighted by molar-refractivity contribution is 0.0693. The molecule has 4 heteroatoms. The lowest BCUT2D eigenvalue weighted by atomic mass is 10.2. The molecule has 0 aliphatic rings. The maximum Gasteiger partial charge on any atom is 0.336 e. The maximum absolute atomic E-state index is 10.9. The SMILES string of the molecule is CCSCCCSc1ccccc1C(=O)O.